The predicted molar refractivity (Wildman–Crippen MR) is 147 cm³/mol. The third-order valence-corrected chi connectivity index (χ3v) is 8.37. The second-order valence-electron chi connectivity index (χ2n) is 8.76. The topological polar surface area (TPSA) is 86.8 Å². The molecule has 0 aliphatic heterocycles. The van der Waals surface area contributed by atoms with E-state index in [1.54, 1.807) is 43.3 Å². The molecule has 1 unspecified atom stereocenters. The SMILES string of the molecule is CCC(C(=O)NC)N(Cc1cccc(C)c1)C(=O)CN(c1cccc(Cl)c1C)S(=O)(=O)c1ccccc1. The van der Waals surface area contributed by atoms with Gasteiger partial charge in [-0.15, -0.1) is 0 Å². The molecule has 3 rings (SSSR count). The minimum Gasteiger partial charge on any atom is -0.357 e. The number of carbonyl (C=O) groups excluding carboxylic acids is 2. The largest absolute Gasteiger partial charge is 0.357 e. The van der Waals surface area contributed by atoms with Crippen LogP contribution in [0.1, 0.15) is 30.0 Å². The van der Waals surface area contributed by atoms with Crippen LogP contribution in [-0.2, 0) is 26.2 Å². The maximum Gasteiger partial charge on any atom is 0.264 e. The summed E-state index contributed by atoms with van der Waals surface area (Å²) in [6.45, 7) is 5.12. The molecular formula is C28H32ClN3O4S. The number of nitrogens with zero attached hydrogens (tertiary/aromatic N) is 2. The Morgan fingerprint density at radius 2 is 1.65 bits per heavy atom. The van der Waals surface area contributed by atoms with Crippen LogP contribution in [0.3, 0.4) is 0 Å². The molecule has 0 saturated carbocycles. The lowest BCUT2D eigenvalue weighted by Gasteiger charge is -2.33. The van der Waals surface area contributed by atoms with Gasteiger partial charge in [0.1, 0.15) is 12.6 Å². The molecule has 0 aliphatic carbocycles. The fraction of sp³-hybridized carbons (Fsp3) is 0.286. The molecule has 1 N–H and O–H groups in total. The number of carbonyl (C=O) groups is 2. The summed E-state index contributed by atoms with van der Waals surface area (Å²) in [5.74, 6) is -0.823. The van der Waals surface area contributed by atoms with Crippen molar-refractivity contribution in [3.8, 4) is 0 Å². The Labute approximate surface area is 224 Å². The lowest BCUT2D eigenvalue weighted by atomic mass is 10.1. The Kier molecular flexibility index (Phi) is 9.34. The predicted octanol–water partition coefficient (Wildman–Crippen LogP) is 4.71. The molecule has 0 aliphatic rings. The number of rotatable bonds is 10. The number of nitrogens with one attached hydrogen (secondary N) is 1. The van der Waals surface area contributed by atoms with Crippen LogP contribution < -0.4 is 9.62 Å². The average Bonchev–Trinajstić information content (AvgIpc) is 2.89. The number of hydrogen-bond acceptors (Lipinski definition) is 4. The van der Waals surface area contributed by atoms with Crippen LogP contribution >= 0.6 is 11.6 Å². The molecule has 3 aromatic rings. The van der Waals surface area contributed by atoms with Crippen molar-refractivity contribution in [3.05, 3.63) is 94.5 Å². The van der Waals surface area contributed by atoms with Crippen molar-refractivity contribution < 1.29 is 18.0 Å². The van der Waals surface area contributed by atoms with Gasteiger partial charge in [0.05, 0.1) is 10.6 Å². The highest BCUT2D eigenvalue weighted by molar-refractivity contribution is 7.92. The van der Waals surface area contributed by atoms with Crippen molar-refractivity contribution >= 4 is 39.1 Å². The molecule has 0 radical (unpaired) electrons. The molecule has 37 heavy (non-hydrogen) atoms. The lowest BCUT2D eigenvalue weighted by Crippen LogP contribution is -2.51. The summed E-state index contributed by atoms with van der Waals surface area (Å²) in [5.41, 5.74) is 2.68. The van der Waals surface area contributed by atoms with Crippen LogP contribution in [0.2, 0.25) is 5.02 Å². The fourth-order valence-corrected chi connectivity index (χ4v) is 5.85. The van der Waals surface area contributed by atoms with Gasteiger partial charge in [-0.05, 0) is 55.7 Å². The highest BCUT2D eigenvalue weighted by atomic mass is 35.5. The second-order valence-corrected chi connectivity index (χ2v) is 11.0. The van der Waals surface area contributed by atoms with E-state index in [0.717, 1.165) is 15.4 Å². The molecule has 9 heteroatoms. The molecule has 1 atom stereocenters. The first-order valence-corrected chi connectivity index (χ1v) is 13.8. The number of anilines is 1. The van der Waals surface area contributed by atoms with E-state index in [2.05, 4.69) is 5.32 Å². The normalized spacial score (nSPS) is 12.0. The van der Waals surface area contributed by atoms with Gasteiger partial charge in [-0.2, -0.15) is 0 Å². The second kappa shape index (κ2) is 12.3. The Morgan fingerprint density at radius 3 is 2.27 bits per heavy atom. The van der Waals surface area contributed by atoms with Gasteiger partial charge in [0.15, 0.2) is 0 Å². The first-order chi connectivity index (χ1) is 17.6. The number of hydrogen-bond donors (Lipinski definition) is 1. The van der Waals surface area contributed by atoms with Crippen LogP contribution in [-0.4, -0.2) is 44.8 Å². The third-order valence-electron chi connectivity index (χ3n) is 6.19. The van der Waals surface area contributed by atoms with E-state index < -0.39 is 28.5 Å². The highest BCUT2D eigenvalue weighted by Crippen LogP contribution is 2.31. The molecule has 0 spiro atoms. The maximum atomic E-state index is 13.9. The minimum atomic E-state index is -4.13. The minimum absolute atomic E-state index is 0.0470. The van der Waals surface area contributed by atoms with Crippen LogP contribution in [0.25, 0.3) is 0 Å². The van der Waals surface area contributed by atoms with E-state index in [9.17, 15) is 18.0 Å². The van der Waals surface area contributed by atoms with Gasteiger partial charge in [0.25, 0.3) is 10.0 Å². The number of aryl methyl sites for hydroxylation is 1. The fourth-order valence-electron chi connectivity index (χ4n) is 4.19. The maximum absolute atomic E-state index is 13.9. The number of benzene rings is 3. The van der Waals surface area contributed by atoms with Gasteiger partial charge in [0.2, 0.25) is 11.8 Å². The van der Waals surface area contributed by atoms with Crippen LogP contribution in [0.5, 0.6) is 0 Å². The van der Waals surface area contributed by atoms with Crippen LogP contribution in [0.4, 0.5) is 5.69 Å². The number of likely N-dealkylation sites (N-methyl/N-ethyl adjacent to an activating group) is 1. The summed E-state index contributed by atoms with van der Waals surface area (Å²) in [4.78, 5) is 28.2. The van der Waals surface area contributed by atoms with E-state index >= 15 is 0 Å². The Hall–Kier alpha value is -3.36. The van der Waals surface area contributed by atoms with Crippen molar-refractivity contribution in [1.82, 2.24) is 10.2 Å². The zero-order valence-corrected chi connectivity index (χ0v) is 23.0. The molecule has 7 nitrogen and oxygen atoms in total. The van der Waals surface area contributed by atoms with Crippen molar-refractivity contribution in [2.45, 2.75) is 44.7 Å². The summed E-state index contributed by atoms with van der Waals surface area (Å²) in [6, 6.07) is 19.7. The van der Waals surface area contributed by atoms with Crippen LogP contribution in [0.15, 0.2) is 77.7 Å². The van der Waals surface area contributed by atoms with Gasteiger partial charge in [-0.1, -0.05) is 72.6 Å². The van der Waals surface area contributed by atoms with Crippen molar-refractivity contribution in [3.63, 3.8) is 0 Å². The zero-order valence-electron chi connectivity index (χ0n) is 21.4. The molecule has 0 bridgehead atoms. The van der Waals surface area contributed by atoms with Crippen LogP contribution in [0, 0.1) is 13.8 Å². The molecule has 0 heterocycles. The summed E-state index contributed by atoms with van der Waals surface area (Å²) in [5, 5.41) is 3.01. The smallest absolute Gasteiger partial charge is 0.264 e. The first-order valence-electron chi connectivity index (χ1n) is 12.0. The Bertz CT molecular complexity index is 1360. The monoisotopic (exact) mass is 541 g/mol. The summed E-state index contributed by atoms with van der Waals surface area (Å²) in [7, 11) is -2.62. The van der Waals surface area contributed by atoms with E-state index in [1.807, 2.05) is 38.1 Å². The molecule has 0 fully saturated rings. The molecule has 196 valence electrons. The summed E-state index contributed by atoms with van der Waals surface area (Å²) in [6.07, 6.45) is 0.360. The standard InChI is InChI=1S/C28H32ClN3O4S/c1-5-25(28(34)30-4)31(18-22-12-9-11-20(2)17-22)27(33)19-32(26-16-10-15-24(29)21(26)3)37(35,36)23-13-7-6-8-14-23/h6-17,25H,5,18-19H2,1-4H3,(H,30,34). The van der Waals surface area contributed by atoms with Crippen molar-refractivity contribution in [1.29, 1.82) is 0 Å². The lowest BCUT2D eigenvalue weighted by molar-refractivity contribution is -0.140. The molecule has 3 aromatic carbocycles. The number of halogens is 1. The molecule has 2 amide bonds. The van der Waals surface area contributed by atoms with Gasteiger partial charge in [-0.25, -0.2) is 8.42 Å². The Morgan fingerprint density at radius 1 is 0.973 bits per heavy atom. The van der Waals surface area contributed by atoms with E-state index in [1.165, 1.54) is 24.1 Å². The molecule has 0 saturated heterocycles. The van der Waals surface area contributed by atoms with E-state index in [-0.39, 0.29) is 17.3 Å². The quantitative estimate of drug-likeness (QED) is 0.403. The summed E-state index contributed by atoms with van der Waals surface area (Å²) >= 11 is 6.34. The third kappa shape index (κ3) is 6.50. The average molecular weight is 542 g/mol. The first kappa shape index (κ1) is 28.2. The number of amides is 2. The van der Waals surface area contributed by atoms with Gasteiger partial charge < -0.3 is 10.2 Å². The Balaban J connectivity index is 2.10. The van der Waals surface area contributed by atoms with E-state index in [0.29, 0.717) is 22.7 Å². The van der Waals surface area contributed by atoms with Gasteiger partial charge in [-0.3, -0.25) is 13.9 Å². The molecular weight excluding hydrogens is 510 g/mol. The van der Waals surface area contributed by atoms with E-state index in [4.69, 9.17) is 11.6 Å². The van der Waals surface area contributed by atoms with Crippen molar-refractivity contribution in [2.75, 3.05) is 17.9 Å². The zero-order chi connectivity index (χ0) is 27.2. The van der Waals surface area contributed by atoms with Gasteiger partial charge in [0, 0.05) is 18.6 Å². The van der Waals surface area contributed by atoms with Gasteiger partial charge >= 0.3 is 0 Å². The number of sulfonamides is 1. The highest BCUT2D eigenvalue weighted by Gasteiger charge is 2.34. The molecule has 0 aromatic heterocycles. The summed E-state index contributed by atoms with van der Waals surface area (Å²) < 4.78 is 28.7. The van der Waals surface area contributed by atoms with Crippen molar-refractivity contribution in [2.24, 2.45) is 0 Å².